The van der Waals surface area contributed by atoms with E-state index in [0.717, 1.165) is 32.5 Å². The van der Waals surface area contributed by atoms with Gasteiger partial charge in [-0.1, -0.05) is 13.8 Å². The monoisotopic (exact) mass is 266 g/mol. The number of carbonyl (C=O) groups is 1. The fraction of sp³-hybridized carbons (Fsp3) is 0.933. The first-order valence-corrected chi connectivity index (χ1v) is 7.44. The Balaban J connectivity index is 1.49. The lowest BCUT2D eigenvalue weighted by molar-refractivity contribution is -0.298. The molecule has 2 saturated carbocycles. The molecule has 0 radical (unpaired) electrons. The minimum absolute atomic E-state index is 0.0129. The van der Waals surface area contributed by atoms with E-state index >= 15 is 0 Å². The van der Waals surface area contributed by atoms with Crippen LogP contribution in [0.5, 0.6) is 0 Å². The molecule has 2 aliphatic carbocycles. The quantitative estimate of drug-likeness (QED) is 0.630. The van der Waals surface area contributed by atoms with E-state index in [1.165, 1.54) is 0 Å². The highest BCUT2D eigenvalue weighted by Crippen LogP contribution is 2.57. The van der Waals surface area contributed by atoms with Crippen LogP contribution >= 0.6 is 0 Å². The Morgan fingerprint density at radius 1 is 1.11 bits per heavy atom. The maximum Gasteiger partial charge on any atom is 0.306 e. The van der Waals surface area contributed by atoms with Crippen molar-refractivity contribution in [2.45, 2.75) is 51.4 Å². The molecule has 4 atom stereocenters. The third kappa shape index (κ3) is 1.83. The second-order valence-corrected chi connectivity index (χ2v) is 7.62. The van der Waals surface area contributed by atoms with Crippen LogP contribution < -0.4 is 0 Å². The van der Waals surface area contributed by atoms with Gasteiger partial charge in [0.2, 0.25) is 0 Å². The van der Waals surface area contributed by atoms with Crippen molar-refractivity contribution >= 4 is 5.97 Å². The smallest absolute Gasteiger partial charge is 0.306 e. The number of esters is 1. The molecule has 2 saturated heterocycles. The van der Waals surface area contributed by atoms with Crippen LogP contribution in [-0.2, 0) is 19.0 Å². The number of rotatable bonds is 0. The van der Waals surface area contributed by atoms with Crippen molar-refractivity contribution in [3.63, 3.8) is 0 Å². The topological polar surface area (TPSA) is 44.8 Å². The van der Waals surface area contributed by atoms with Gasteiger partial charge in [0.05, 0.1) is 19.6 Å². The zero-order chi connectivity index (χ0) is 13.3. The summed E-state index contributed by atoms with van der Waals surface area (Å²) in [4.78, 5) is 11.4. The van der Waals surface area contributed by atoms with Crippen LogP contribution in [0.1, 0.15) is 39.5 Å². The molecule has 4 heteroatoms. The standard InChI is InChI=1S/C15H22O4/c1-14(2)7-17-15(18-8-14)5-9-3-12-10(11(9)6-15)4-13(16)19-12/h9-12H,3-8H2,1-2H3. The lowest BCUT2D eigenvalue weighted by atomic mass is 9.89. The molecule has 19 heavy (non-hydrogen) atoms. The summed E-state index contributed by atoms with van der Waals surface area (Å²) < 4.78 is 17.6. The van der Waals surface area contributed by atoms with Gasteiger partial charge >= 0.3 is 5.97 Å². The number of hydrogen-bond donors (Lipinski definition) is 0. The molecule has 0 N–H and O–H groups in total. The van der Waals surface area contributed by atoms with Gasteiger partial charge in [-0.25, -0.2) is 0 Å². The predicted molar refractivity (Wildman–Crippen MR) is 67.2 cm³/mol. The molecule has 4 unspecified atom stereocenters. The average Bonchev–Trinajstić information content (AvgIpc) is 2.93. The van der Waals surface area contributed by atoms with Crippen LogP contribution in [0.25, 0.3) is 0 Å². The normalized spacial score (nSPS) is 46.1. The molecule has 0 aromatic carbocycles. The molecule has 106 valence electrons. The maximum atomic E-state index is 11.4. The molecule has 4 aliphatic rings. The van der Waals surface area contributed by atoms with Gasteiger partial charge in [-0.15, -0.1) is 0 Å². The highest BCUT2D eigenvalue weighted by molar-refractivity contribution is 5.72. The molecule has 0 aromatic rings. The third-order valence-corrected chi connectivity index (χ3v) is 5.43. The number of ether oxygens (including phenoxy) is 3. The van der Waals surface area contributed by atoms with Crippen molar-refractivity contribution in [1.29, 1.82) is 0 Å². The lowest BCUT2D eigenvalue weighted by Gasteiger charge is -2.42. The first-order chi connectivity index (χ1) is 8.96. The van der Waals surface area contributed by atoms with E-state index in [9.17, 15) is 4.79 Å². The summed E-state index contributed by atoms with van der Waals surface area (Å²) >= 11 is 0. The van der Waals surface area contributed by atoms with E-state index in [1.54, 1.807) is 0 Å². The van der Waals surface area contributed by atoms with Crippen LogP contribution in [0.15, 0.2) is 0 Å². The van der Waals surface area contributed by atoms with E-state index in [-0.39, 0.29) is 23.3 Å². The van der Waals surface area contributed by atoms with Crippen LogP contribution in [0.4, 0.5) is 0 Å². The first kappa shape index (κ1) is 12.2. The minimum Gasteiger partial charge on any atom is -0.462 e. The Kier molecular flexibility index (Phi) is 2.39. The van der Waals surface area contributed by atoms with Gasteiger partial charge < -0.3 is 14.2 Å². The zero-order valence-corrected chi connectivity index (χ0v) is 11.7. The maximum absolute atomic E-state index is 11.4. The summed E-state index contributed by atoms with van der Waals surface area (Å²) in [5.74, 6) is 1.21. The van der Waals surface area contributed by atoms with Crippen molar-refractivity contribution in [2.75, 3.05) is 13.2 Å². The minimum atomic E-state index is -0.360. The van der Waals surface area contributed by atoms with E-state index < -0.39 is 0 Å². The summed E-state index contributed by atoms with van der Waals surface area (Å²) in [6.07, 6.45) is 3.73. The van der Waals surface area contributed by atoms with Gasteiger partial charge in [-0.3, -0.25) is 4.79 Å². The first-order valence-electron chi connectivity index (χ1n) is 7.44. The molecule has 0 bridgehead atoms. The number of fused-ring (bicyclic) bond motifs is 3. The number of hydrogen-bond acceptors (Lipinski definition) is 4. The van der Waals surface area contributed by atoms with Gasteiger partial charge in [-0.05, 0) is 18.3 Å². The van der Waals surface area contributed by atoms with Gasteiger partial charge in [0.25, 0.3) is 0 Å². The molecular formula is C15H22O4. The lowest BCUT2D eigenvalue weighted by Crippen LogP contribution is -2.46. The molecule has 4 nitrogen and oxygen atoms in total. The molecule has 4 rings (SSSR count). The van der Waals surface area contributed by atoms with Crippen molar-refractivity contribution in [2.24, 2.45) is 23.2 Å². The molecule has 0 aromatic heterocycles. The molecule has 2 aliphatic heterocycles. The summed E-state index contributed by atoms with van der Waals surface area (Å²) in [7, 11) is 0. The summed E-state index contributed by atoms with van der Waals surface area (Å²) in [6, 6.07) is 0. The van der Waals surface area contributed by atoms with Crippen molar-refractivity contribution in [3.05, 3.63) is 0 Å². The fourth-order valence-corrected chi connectivity index (χ4v) is 4.47. The largest absolute Gasteiger partial charge is 0.462 e. The number of carbonyl (C=O) groups excluding carboxylic acids is 1. The van der Waals surface area contributed by atoms with Crippen LogP contribution in [0.2, 0.25) is 0 Å². The van der Waals surface area contributed by atoms with Gasteiger partial charge in [-0.2, -0.15) is 0 Å². The second kappa shape index (κ2) is 3.73. The van der Waals surface area contributed by atoms with Gasteiger partial charge in [0.1, 0.15) is 6.10 Å². The average molecular weight is 266 g/mol. The Morgan fingerprint density at radius 3 is 2.58 bits per heavy atom. The SMILES string of the molecule is CC1(C)COC2(CC3CC4OC(=O)CC4C3C2)OC1. The van der Waals surface area contributed by atoms with Crippen molar-refractivity contribution in [1.82, 2.24) is 0 Å². The molecule has 2 heterocycles. The molecule has 4 fully saturated rings. The fourth-order valence-electron chi connectivity index (χ4n) is 4.47. The summed E-state index contributed by atoms with van der Waals surface area (Å²) in [5.41, 5.74) is 0.123. The predicted octanol–water partition coefficient (Wildman–Crippen LogP) is 2.12. The highest BCUT2D eigenvalue weighted by atomic mass is 16.7. The van der Waals surface area contributed by atoms with Crippen molar-refractivity contribution in [3.8, 4) is 0 Å². The van der Waals surface area contributed by atoms with E-state index in [2.05, 4.69) is 13.8 Å². The Hall–Kier alpha value is -0.610. The van der Waals surface area contributed by atoms with E-state index in [1.807, 2.05) is 0 Å². The Labute approximate surface area is 113 Å². The van der Waals surface area contributed by atoms with Crippen molar-refractivity contribution < 1.29 is 19.0 Å². The highest BCUT2D eigenvalue weighted by Gasteiger charge is 2.59. The molecular weight excluding hydrogens is 244 g/mol. The Bertz CT molecular complexity index is 406. The summed E-state index contributed by atoms with van der Waals surface area (Å²) in [5, 5.41) is 0. The van der Waals surface area contributed by atoms with Gasteiger partial charge in [0.15, 0.2) is 5.79 Å². The van der Waals surface area contributed by atoms with E-state index in [4.69, 9.17) is 14.2 Å². The van der Waals surface area contributed by atoms with Crippen LogP contribution in [0, 0.1) is 23.2 Å². The molecule has 1 spiro atoms. The van der Waals surface area contributed by atoms with Crippen LogP contribution in [-0.4, -0.2) is 31.1 Å². The summed E-state index contributed by atoms with van der Waals surface area (Å²) in [6.45, 7) is 5.90. The second-order valence-electron chi connectivity index (χ2n) is 7.62. The van der Waals surface area contributed by atoms with Gasteiger partial charge in [0, 0.05) is 24.2 Å². The Morgan fingerprint density at radius 2 is 1.84 bits per heavy atom. The molecule has 0 amide bonds. The van der Waals surface area contributed by atoms with Crippen LogP contribution in [0.3, 0.4) is 0 Å². The van der Waals surface area contributed by atoms with E-state index in [0.29, 0.717) is 24.2 Å². The third-order valence-electron chi connectivity index (χ3n) is 5.43. The zero-order valence-electron chi connectivity index (χ0n) is 11.7.